The largest absolute Gasteiger partial charge is 0.381 e. The zero-order chi connectivity index (χ0) is 11.7. The van der Waals surface area contributed by atoms with E-state index in [1.807, 2.05) is 0 Å². The number of aldehydes is 1. The molecular formula is C11H13ClO3. The Kier molecular flexibility index (Phi) is 3.16. The Hall–Kier alpha value is -0.930. The molecule has 0 saturated heterocycles. The Labute approximate surface area is 93.4 Å². The van der Waals surface area contributed by atoms with Gasteiger partial charge in [-0.25, -0.2) is 0 Å². The van der Waals surface area contributed by atoms with Crippen molar-refractivity contribution in [3.05, 3.63) is 23.3 Å². The first-order chi connectivity index (χ1) is 6.85. The fourth-order valence-corrected chi connectivity index (χ4v) is 1.66. The lowest BCUT2D eigenvalue weighted by atomic mass is 9.68. The summed E-state index contributed by atoms with van der Waals surface area (Å²) in [7, 11) is 0. The van der Waals surface area contributed by atoms with Crippen molar-refractivity contribution in [2.45, 2.75) is 25.9 Å². The summed E-state index contributed by atoms with van der Waals surface area (Å²) in [6.07, 6.45) is 5.47. The number of hydrogen-bond acceptors (Lipinski definition) is 3. The number of carbonyl (C=O) groups excluding carboxylic acids is 2. The van der Waals surface area contributed by atoms with E-state index < -0.39 is 16.8 Å². The predicted molar refractivity (Wildman–Crippen MR) is 57.5 cm³/mol. The average Bonchev–Trinajstić information content (AvgIpc) is 2.19. The Bertz CT molecular complexity index is 355. The molecule has 1 rings (SSSR count). The molecule has 0 radical (unpaired) electrons. The maximum Gasteiger partial charge on any atom is 0.162 e. The summed E-state index contributed by atoms with van der Waals surface area (Å²) in [5.74, 6) is -0.439. The summed E-state index contributed by atoms with van der Waals surface area (Å²) in [6, 6.07) is 0. The van der Waals surface area contributed by atoms with Gasteiger partial charge >= 0.3 is 0 Å². The number of allylic oxidation sites excluding steroid dienone is 3. The lowest BCUT2D eigenvalue weighted by Gasteiger charge is -2.38. The van der Waals surface area contributed by atoms with Gasteiger partial charge in [-0.15, -0.1) is 0 Å². The van der Waals surface area contributed by atoms with Gasteiger partial charge in [0.15, 0.2) is 5.78 Å². The van der Waals surface area contributed by atoms with Crippen LogP contribution in [0.3, 0.4) is 0 Å². The minimum Gasteiger partial charge on any atom is -0.381 e. The molecule has 0 bridgehead atoms. The van der Waals surface area contributed by atoms with Crippen molar-refractivity contribution in [3.63, 3.8) is 0 Å². The number of rotatable bonds is 3. The topological polar surface area (TPSA) is 54.4 Å². The Morgan fingerprint density at radius 3 is 2.67 bits per heavy atom. The molecule has 15 heavy (non-hydrogen) atoms. The van der Waals surface area contributed by atoms with Crippen LogP contribution in [0.2, 0.25) is 0 Å². The van der Waals surface area contributed by atoms with Crippen LogP contribution in [0.5, 0.6) is 0 Å². The van der Waals surface area contributed by atoms with Gasteiger partial charge in [0.1, 0.15) is 11.9 Å². The second kappa shape index (κ2) is 3.91. The molecule has 0 fully saturated rings. The van der Waals surface area contributed by atoms with Crippen LogP contribution < -0.4 is 0 Å². The number of carbonyl (C=O) groups is 2. The van der Waals surface area contributed by atoms with Crippen molar-refractivity contribution in [1.29, 1.82) is 0 Å². The van der Waals surface area contributed by atoms with Gasteiger partial charge in [-0.2, -0.15) is 0 Å². The van der Waals surface area contributed by atoms with Gasteiger partial charge in [0.05, 0.1) is 5.41 Å². The lowest BCUT2D eigenvalue weighted by Crippen LogP contribution is -2.51. The molecule has 3 nitrogen and oxygen atoms in total. The van der Waals surface area contributed by atoms with E-state index in [0.29, 0.717) is 11.3 Å². The highest BCUT2D eigenvalue weighted by Crippen LogP contribution is 2.39. The van der Waals surface area contributed by atoms with Crippen molar-refractivity contribution in [2.75, 3.05) is 0 Å². The molecule has 0 amide bonds. The normalized spacial score (nSPS) is 29.2. The van der Waals surface area contributed by atoms with E-state index in [4.69, 9.17) is 11.6 Å². The molecule has 4 heteroatoms. The minimum atomic E-state index is -1.70. The smallest absolute Gasteiger partial charge is 0.162 e. The molecule has 0 aromatic carbocycles. The fraction of sp³-hybridized carbons (Fsp3) is 0.455. The first-order valence-electron chi connectivity index (χ1n) is 4.60. The van der Waals surface area contributed by atoms with Gasteiger partial charge in [0.25, 0.3) is 0 Å². The highest BCUT2D eigenvalue weighted by Gasteiger charge is 2.48. The van der Waals surface area contributed by atoms with E-state index in [9.17, 15) is 14.7 Å². The van der Waals surface area contributed by atoms with Crippen LogP contribution in [0.1, 0.15) is 20.3 Å². The summed E-state index contributed by atoms with van der Waals surface area (Å²) in [5, 5.41) is 10.6. The monoisotopic (exact) mass is 228 g/mol. The van der Waals surface area contributed by atoms with E-state index in [1.54, 1.807) is 6.08 Å². The zero-order valence-electron chi connectivity index (χ0n) is 8.66. The highest BCUT2D eigenvalue weighted by atomic mass is 35.5. The van der Waals surface area contributed by atoms with Gasteiger partial charge in [-0.1, -0.05) is 23.8 Å². The van der Waals surface area contributed by atoms with E-state index in [2.05, 4.69) is 0 Å². The van der Waals surface area contributed by atoms with Crippen LogP contribution in [0, 0.1) is 5.41 Å². The summed E-state index contributed by atoms with van der Waals surface area (Å²) in [6.45, 7) is 2.61. The molecule has 0 saturated carbocycles. The molecule has 82 valence electrons. The van der Waals surface area contributed by atoms with Gasteiger partial charge in [-0.05, 0) is 26.3 Å². The molecule has 1 aliphatic rings. The Balaban J connectivity index is 3.14. The summed E-state index contributed by atoms with van der Waals surface area (Å²) in [5.41, 5.74) is -2.89. The van der Waals surface area contributed by atoms with Crippen LogP contribution in [0.4, 0.5) is 0 Å². The van der Waals surface area contributed by atoms with E-state index in [1.165, 1.54) is 26.0 Å². The van der Waals surface area contributed by atoms with Crippen LogP contribution in [-0.2, 0) is 9.59 Å². The van der Waals surface area contributed by atoms with Crippen LogP contribution in [-0.4, -0.2) is 22.8 Å². The van der Waals surface area contributed by atoms with Crippen molar-refractivity contribution in [3.8, 4) is 0 Å². The summed E-state index contributed by atoms with van der Waals surface area (Å²) >= 11 is 5.72. The maximum atomic E-state index is 11.3. The fourth-order valence-electron chi connectivity index (χ4n) is 1.52. The van der Waals surface area contributed by atoms with Crippen molar-refractivity contribution in [2.24, 2.45) is 5.41 Å². The number of hydrogen-bond donors (Lipinski definition) is 1. The summed E-state index contributed by atoms with van der Waals surface area (Å²) < 4.78 is 0. The third-order valence-electron chi connectivity index (χ3n) is 2.98. The maximum absolute atomic E-state index is 11.3. The molecule has 1 aliphatic carbocycles. The van der Waals surface area contributed by atoms with Crippen LogP contribution in [0.25, 0.3) is 0 Å². The minimum absolute atomic E-state index is 0.235. The van der Waals surface area contributed by atoms with Gasteiger partial charge in [-0.3, -0.25) is 4.79 Å². The van der Waals surface area contributed by atoms with Gasteiger partial charge in [0, 0.05) is 5.03 Å². The quantitative estimate of drug-likeness (QED) is 0.747. The molecule has 0 aliphatic heterocycles. The molecule has 0 unspecified atom stereocenters. The standard InChI is InChI=1S/C11H13ClO3/c1-8(14)10(2,15)11(7-13)5-3-9(12)4-6-11/h3-5,7,15H,6H2,1-2H3/t10-,11-/m0/s1. The van der Waals surface area contributed by atoms with Crippen LogP contribution >= 0.6 is 11.6 Å². The molecule has 2 atom stereocenters. The first kappa shape index (κ1) is 12.1. The third-order valence-corrected chi connectivity index (χ3v) is 3.26. The number of Topliss-reactive ketones (excluding diaryl/α,β-unsaturated/α-hetero) is 1. The predicted octanol–water partition coefficient (Wildman–Crippen LogP) is 1.59. The van der Waals surface area contributed by atoms with Gasteiger partial charge < -0.3 is 9.90 Å². The Morgan fingerprint density at radius 1 is 1.73 bits per heavy atom. The van der Waals surface area contributed by atoms with E-state index in [0.717, 1.165) is 0 Å². The Morgan fingerprint density at radius 2 is 2.33 bits per heavy atom. The molecule has 1 N–H and O–H groups in total. The molecular weight excluding hydrogens is 216 g/mol. The first-order valence-corrected chi connectivity index (χ1v) is 4.98. The lowest BCUT2D eigenvalue weighted by molar-refractivity contribution is -0.149. The average molecular weight is 229 g/mol. The van der Waals surface area contributed by atoms with Crippen LogP contribution in [0.15, 0.2) is 23.3 Å². The second-order valence-corrected chi connectivity index (χ2v) is 4.35. The number of ketones is 1. The van der Waals surface area contributed by atoms with E-state index >= 15 is 0 Å². The number of aliphatic hydroxyl groups is 1. The zero-order valence-corrected chi connectivity index (χ0v) is 9.41. The number of halogens is 1. The van der Waals surface area contributed by atoms with Crippen molar-refractivity contribution < 1.29 is 14.7 Å². The molecule has 0 aromatic heterocycles. The van der Waals surface area contributed by atoms with Crippen molar-refractivity contribution >= 4 is 23.7 Å². The van der Waals surface area contributed by atoms with Gasteiger partial charge in [0.2, 0.25) is 0 Å². The van der Waals surface area contributed by atoms with E-state index in [-0.39, 0.29) is 6.42 Å². The SMILES string of the molecule is CC(=O)[C@](C)(O)[C@@]1(C=O)C=CC(Cl)=CC1. The third kappa shape index (κ3) is 1.90. The molecule has 0 aromatic rings. The second-order valence-electron chi connectivity index (χ2n) is 3.91. The molecule has 0 heterocycles. The highest BCUT2D eigenvalue weighted by molar-refractivity contribution is 6.31. The van der Waals surface area contributed by atoms with Crippen molar-refractivity contribution in [1.82, 2.24) is 0 Å². The molecule has 0 spiro atoms. The summed E-state index contributed by atoms with van der Waals surface area (Å²) in [4.78, 5) is 22.4.